The number of rotatable bonds is 7. The number of aryl methyl sites for hydroxylation is 1. The van der Waals surface area contributed by atoms with Gasteiger partial charge in [-0.1, -0.05) is 12.1 Å². The molecule has 9 nitrogen and oxygen atoms in total. The Kier molecular flexibility index (Phi) is 5.81. The molecule has 0 amide bonds. The van der Waals surface area contributed by atoms with E-state index in [0.717, 1.165) is 5.56 Å². The molecule has 0 aliphatic heterocycles. The Hall–Kier alpha value is -3.50. The standard InChI is InChI=1S/C22H23N5O4S/c1-3-26-19-13-18(25-20(19)21(28)27(4-2)22(26)29)16-5-7-17(8-6-16)32(30,31)24-14-15-9-11-23-12-10-15/h5-13,24-25H,3-4,14H2,1-2H3. The second kappa shape index (κ2) is 8.56. The lowest BCUT2D eigenvalue weighted by Crippen LogP contribution is -2.39. The van der Waals surface area contributed by atoms with Crippen molar-refractivity contribution in [3.63, 3.8) is 0 Å². The predicted octanol–water partition coefficient (Wildman–Crippen LogP) is 2.07. The number of nitrogens with one attached hydrogen (secondary N) is 2. The molecule has 0 saturated heterocycles. The van der Waals surface area contributed by atoms with Crippen LogP contribution < -0.4 is 16.0 Å². The lowest BCUT2D eigenvalue weighted by atomic mass is 10.1. The summed E-state index contributed by atoms with van der Waals surface area (Å²) in [6.07, 6.45) is 3.21. The van der Waals surface area contributed by atoms with Crippen LogP contribution >= 0.6 is 0 Å². The second-order valence-corrected chi connectivity index (χ2v) is 8.99. The lowest BCUT2D eigenvalue weighted by molar-refractivity contribution is 0.581. The molecule has 3 aromatic heterocycles. The van der Waals surface area contributed by atoms with Crippen molar-refractivity contribution in [2.45, 2.75) is 38.4 Å². The fraction of sp³-hybridized carbons (Fsp3) is 0.227. The quantitative estimate of drug-likeness (QED) is 0.444. The summed E-state index contributed by atoms with van der Waals surface area (Å²) in [6.45, 7) is 4.46. The van der Waals surface area contributed by atoms with Crippen molar-refractivity contribution in [1.82, 2.24) is 23.8 Å². The molecule has 0 saturated carbocycles. The Morgan fingerprint density at radius 3 is 2.25 bits per heavy atom. The molecule has 0 unspecified atom stereocenters. The Morgan fingerprint density at radius 2 is 1.62 bits per heavy atom. The molecule has 2 N–H and O–H groups in total. The van der Waals surface area contributed by atoms with Crippen molar-refractivity contribution in [2.24, 2.45) is 0 Å². The van der Waals surface area contributed by atoms with Gasteiger partial charge in [0.05, 0.1) is 10.4 Å². The van der Waals surface area contributed by atoms with Crippen LogP contribution in [-0.4, -0.2) is 27.5 Å². The van der Waals surface area contributed by atoms with E-state index in [1.54, 1.807) is 54.2 Å². The van der Waals surface area contributed by atoms with E-state index < -0.39 is 10.0 Å². The van der Waals surface area contributed by atoms with Crippen LogP contribution in [0.25, 0.3) is 22.3 Å². The van der Waals surface area contributed by atoms with Crippen molar-refractivity contribution < 1.29 is 8.42 Å². The highest BCUT2D eigenvalue weighted by Crippen LogP contribution is 2.23. The van der Waals surface area contributed by atoms with Crippen molar-refractivity contribution >= 4 is 21.1 Å². The largest absolute Gasteiger partial charge is 0.349 e. The summed E-state index contributed by atoms with van der Waals surface area (Å²) in [5.41, 5.74) is 2.28. The zero-order valence-electron chi connectivity index (χ0n) is 17.7. The number of fused-ring (bicyclic) bond motifs is 1. The molecule has 0 radical (unpaired) electrons. The van der Waals surface area contributed by atoms with Crippen LogP contribution in [0.15, 0.2) is 69.3 Å². The highest BCUT2D eigenvalue weighted by atomic mass is 32.2. The number of H-pyrrole nitrogens is 1. The van der Waals surface area contributed by atoms with E-state index in [1.165, 1.54) is 16.7 Å². The molecule has 0 bridgehead atoms. The van der Waals surface area contributed by atoms with E-state index in [1.807, 2.05) is 6.92 Å². The van der Waals surface area contributed by atoms with Crippen molar-refractivity contribution in [2.75, 3.05) is 0 Å². The molecule has 4 rings (SSSR count). The minimum atomic E-state index is -3.69. The second-order valence-electron chi connectivity index (χ2n) is 7.22. The molecule has 0 atom stereocenters. The Bertz CT molecular complexity index is 1480. The zero-order valence-corrected chi connectivity index (χ0v) is 18.5. The molecule has 0 spiro atoms. The van der Waals surface area contributed by atoms with Crippen molar-refractivity contribution in [1.29, 1.82) is 0 Å². The first-order valence-electron chi connectivity index (χ1n) is 10.2. The van der Waals surface area contributed by atoms with Crippen molar-refractivity contribution in [3.05, 3.63) is 81.3 Å². The Morgan fingerprint density at radius 1 is 0.969 bits per heavy atom. The first-order chi connectivity index (χ1) is 15.4. The number of hydrogen-bond donors (Lipinski definition) is 2. The fourth-order valence-corrected chi connectivity index (χ4v) is 4.62. The smallest absolute Gasteiger partial charge is 0.331 e. The van der Waals surface area contributed by atoms with Crippen LogP contribution in [0.4, 0.5) is 0 Å². The number of sulfonamides is 1. The minimum absolute atomic E-state index is 0.130. The molecular formula is C22H23N5O4S. The summed E-state index contributed by atoms with van der Waals surface area (Å²) in [5.74, 6) is 0. The maximum Gasteiger partial charge on any atom is 0.331 e. The zero-order chi connectivity index (χ0) is 22.9. The average Bonchev–Trinajstić information content (AvgIpc) is 3.25. The highest BCUT2D eigenvalue weighted by Gasteiger charge is 2.17. The van der Waals surface area contributed by atoms with Crippen LogP contribution in [0, 0.1) is 0 Å². The van der Waals surface area contributed by atoms with Crippen LogP contribution in [0.2, 0.25) is 0 Å². The van der Waals surface area contributed by atoms with Crippen molar-refractivity contribution in [3.8, 4) is 11.3 Å². The van der Waals surface area contributed by atoms with Gasteiger partial charge in [-0.3, -0.25) is 18.9 Å². The Labute approximate surface area is 184 Å². The number of benzene rings is 1. The molecular weight excluding hydrogens is 430 g/mol. The Balaban J connectivity index is 1.66. The monoisotopic (exact) mass is 453 g/mol. The van der Waals surface area contributed by atoms with Gasteiger partial charge in [-0.2, -0.15) is 0 Å². The van der Waals surface area contributed by atoms with Gasteiger partial charge in [-0.15, -0.1) is 0 Å². The topological polar surface area (TPSA) is 119 Å². The summed E-state index contributed by atoms with van der Waals surface area (Å²) in [5, 5.41) is 0. The first-order valence-corrected chi connectivity index (χ1v) is 11.7. The molecule has 3 heterocycles. The maximum absolute atomic E-state index is 12.7. The van der Waals surface area contributed by atoms with Gasteiger partial charge >= 0.3 is 5.69 Å². The number of hydrogen-bond acceptors (Lipinski definition) is 5. The summed E-state index contributed by atoms with van der Waals surface area (Å²) in [4.78, 5) is 32.4. The maximum atomic E-state index is 12.7. The normalized spacial score (nSPS) is 11.8. The minimum Gasteiger partial charge on any atom is -0.349 e. The highest BCUT2D eigenvalue weighted by molar-refractivity contribution is 7.89. The van der Waals surface area contributed by atoms with Gasteiger partial charge in [0.1, 0.15) is 5.52 Å². The van der Waals surface area contributed by atoms with Gasteiger partial charge in [0.25, 0.3) is 5.56 Å². The predicted molar refractivity (Wildman–Crippen MR) is 122 cm³/mol. The van der Waals surface area contributed by atoms with E-state index in [0.29, 0.717) is 28.8 Å². The summed E-state index contributed by atoms with van der Waals surface area (Å²) < 4.78 is 30.5. The SMILES string of the molecule is CCn1c(=O)c2[nH]c(-c3ccc(S(=O)(=O)NCc4ccncc4)cc3)cc2n(CC)c1=O. The molecule has 0 fully saturated rings. The molecule has 1 aromatic carbocycles. The summed E-state index contributed by atoms with van der Waals surface area (Å²) >= 11 is 0. The molecule has 0 aliphatic carbocycles. The molecule has 166 valence electrons. The number of aromatic amines is 1. The molecule has 10 heteroatoms. The van der Waals surface area contributed by atoms with E-state index in [4.69, 9.17) is 0 Å². The van der Waals surface area contributed by atoms with Crippen LogP contribution in [0.3, 0.4) is 0 Å². The van der Waals surface area contributed by atoms with Crippen LogP contribution in [0.5, 0.6) is 0 Å². The van der Waals surface area contributed by atoms with E-state index >= 15 is 0 Å². The van der Waals surface area contributed by atoms with Gasteiger partial charge in [0.2, 0.25) is 10.0 Å². The average molecular weight is 454 g/mol. The van der Waals surface area contributed by atoms with Gasteiger partial charge in [-0.05, 0) is 55.3 Å². The molecule has 32 heavy (non-hydrogen) atoms. The fourth-order valence-electron chi connectivity index (χ4n) is 3.61. The van der Waals surface area contributed by atoms with Gasteiger partial charge in [0.15, 0.2) is 0 Å². The summed E-state index contributed by atoms with van der Waals surface area (Å²) in [6, 6.07) is 11.6. The van der Waals surface area contributed by atoms with E-state index in [-0.39, 0.29) is 29.2 Å². The molecule has 4 aromatic rings. The third-order valence-electron chi connectivity index (χ3n) is 5.33. The number of pyridine rings is 1. The summed E-state index contributed by atoms with van der Waals surface area (Å²) in [7, 11) is -3.69. The van der Waals surface area contributed by atoms with E-state index in [2.05, 4.69) is 14.7 Å². The van der Waals surface area contributed by atoms with E-state index in [9.17, 15) is 18.0 Å². The lowest BCUT2D eigenvalue weighted by Gasteiger charge is -2.07. The van der Waals surface area contributed by atoms with Crippen LogP contribution in [-0.2, 0) is 29.7 Å². The van der Waals surface area contributed by atoms with Gasteiger partial charge in [0, 0.05) is 37.7 Å². The third kappa shape index (κ3) is 3.90. The third-order valence-corrected chi connectivity index (χ3v) is 6.75. The molecule has 0 aliphatic rings. The first kappa shape index (κ1) is 21.7. The number of aromatic nitrogens is 4. The van der Waals surface area contributed by atoms with Gasteiger partial charge in [-0.25, -0.2) is 17.9 Å². The number of nitrogens with zero attached hydrogens (tertiary/aromatic N) is 3. The van der Waals surface area contributed by atoms with Crippen LogP contribution in [0.1, 0.15) is 19.4 Å². The van der Waals surface area contributed by atoms with Gasteiger partial charge < -0.3 is 4.98 Å².